The molecule has 1 heterocycles. The molecule has 0 aliphatic carbocycles. The Kier molecular flexibility index (Phi) is 5.64. The molecule has 0 fully saturated rings. The summed E-state index contributed by atoms with van der Waals surface area (Å²) in [7, 11) is 2.59. The number of allylic oxidation sites excluding steroid dienone is 1. The van der Waals surface area contributed by atoms with Crippen LogP contribution < -0.4 is 4.90 Å². The summed E-state index contributed by atoms with van der Waals surface area (Å²) in [5, 5.41) is 0. The lowest BCUT2D eigenvalue weighted by atomic mass is 10.0. The van der Waals surface area contributed by atoms with Crippen molar-refractivity contribution in [3.63, 3.8) is 0 Å². The minimum atomic E-state index is -0.581. The number of carbonyl (C=O) groups excluding carboxylic acids is 3. The summed E-state index contributed by atoms with van der Waals surface area (Å²) < 4.78 is 9.61. The van der Waals surface area contributed by atoms with E-state index in [2.05, 4.69) is 0 Å². The van der Waals surface area contributed by atoms with E-state index >= 15 is 0 Å². The lowest BCUT2D eigenvalue weighted by Gasteiger charge is -2.18. The number of rotatable bonds is 4. The summed E-state index contributed by atoms with van der Waals surface area (Å²) in [6.07, 6.45) is 1.68. The zero-order chi connectivity index (χ0) is 21.1. The summed E-state index contributed by atoms with van der Waals surface area (Å²) in [6.45, 7) is 3.66. The maximum absolute atomic E-state index is 13.2. The van der Waals surface area contributed by atoms with Gasteiger partial charge in [-0.2, -0.15) is 0 Å². The van der Waals surface area contributed by atoms with Gasteiger partial charge in [-0.05, 0) is 49.8 Å². The van der Waals surface area contributed by atoms with Crippen LogP contribution in [-0.4, -0.2) is 32.1 Å². The van der Waals surface area contributed by atoms with Crippen LogP contribution in [0.1, 0.15) is 28.4 Å². The average Bonchev–Trinajstić information content (AvgIpc) is 2.98. The highest BCUT2D eigenvalue weighted by Crippen LogP contribution is 2.35. The molecule has 0 atom stereocenters. The first kappa shape index (κ1) is 20.1. The Balaban J connectivity index is 2.06. The predicted molar refractivity (Wildman–Crippen MR) is 109 cm³/mol. The van der Waals surface area contributed by atoms with Gasteiger partial charge in [0, 0.05) is 11.4 Å². The Morgan fingerprint density at radius 3 is 2.00 bits per heavy atom. The number of esters is 2. The summed E-state index contributed by atoms with van der Waals surface area (Å²) in [6, 6.07) is 14.0. The molecule has 0 saturated heterocycles. The first-order chi connectivity index (χ1) is 13.9. The second-order valence-corrected chi connectivity index (χ2v) is 6.60. The van der Waals surface area contributed by atoms with Crippen molar-refractivity contribution in [3.8, 4) is 0 Å². The minimum Gasteiger partial charge on any atom is -0.465 e. The summed E-state index contributed by atoms with van der Waals surface area (Å²) in [5.74, 6) is -1.39. The van der Waals surface area contributed by atoms with Crippen LogP contribution >= 0.6 is 0 Å². The molecule has 3 rings (SSSR count). The van der Waals surface area contributed by atoms with Gasteiger partial charge in [0.1, 0.15) is 0 Å². The van der Waals surface area contributed by atoms with Crippen LogP contribution in [0.5, 0.6) is 0 Å². The number of nitrogens with zero attached hydrogens (tertiary/aromatic N) is 1. The topological polar surface area (TPSA) is 72.9 Å². The number of benzene rings is 2. The van der Waals surface area contributed by atoms with E-state index in [1.807, 2.05) is 31.2 Å². The minimum absolute atomic E-state index is 0.218. The van der Waals surface area contributed by atoms with Gasteiger partial charge in [0.25, 0.3) is 5.91 Å². The molecule has 0 aromatic heterocycles. The fourth-order valence-electron chi connectivity index (χ4n) is 3.18. The normalized spacial score (nSPS) is 15.1. The van der Waals surface area contributed by atoms with Crippen LogP contribution in [0.25, 0.3) is 6.08 Å². The number of amides is 1. The largest absolute Gasteiger partial charge is 0.465 e. The molecule has 0 radical (unpaired) electrons. The van der Waals surface area contributed by atoms with E-state index in [0.29, 0.717) is 16.9 Å². The van der Waals surface area contributed by atoms with Crippen molar-refractivity contribution in [3.05, 3.63) is 82.1 Å². The molecular weight excluding hydrogens is 370 g/mol. The van der Waals surface area contributed by atoms with Gasteiger partial charge in [0.05, 0.1) is 30.9 Å². The zero-order valence-corrected chi connectivity index (χ0v) is 16.7. The fraction of sp³-hybridized carbons (Fsp3) is 0.174. The molecule has 1 aliphatic heterocycles. The SMILES string of the molecule is COC(=O)C1=C(C)N(c2ccc(C(=O)OC)cc2)C(=O)/C1=C\c1ccc(C)cc1. The van der Waals surface area contributed by atoms with Gasteiger partial charge in [0.15, 0.2) is 0 Å². The number of hydrogen-bond acceptors (Lipinski definition) is 5. The van der Waals surface area contributed by atoms with E-state index in [9.17, 15) is 14.4 Å². The van der Waals surface area contributed by atoms with Gasteiger partial charge in [0.2, 0.25) is 0 Å². The van der Waals surface area contributed by atoms with E-state index < -0.39 is 11.9 Å². The van der Waals surface area contributed by atoms with E-state index in [-0.39, 0.29) is 17.1 Å². The molecule has 2 aromatic carbocycles. The van der Waals surface area contributed by atoms with E-state index in [1.54, 1.807) is 37.3 Å². The third kappa shape index (κ3) is 3.82. The Morgan fingerprint density at radius 1 is 0.862 bits per heavy atom. The molecule has 29 heavy (non-hydrogen) atoms. The van der Waals surface area contributed by atoms with E-state index in [4.69, 9.17) is 9.47 Å². The predicted octanol–water partition coefficient (Wildman–Crippen LogP) is 3.66. The second-order valence-electron chi connectivity index (χ2n) is 6.60. The van der Waals surface area contributed by atoms with Crippen LogP contribution in [0.4, 0.5) is 5.69 Å². The van der Waals surface area contributed by atoms with Gasteiger partial charge in [-0.15, -0.1) is 0 Å². The third-order valence-corrected chi connectivity index (χ3v) is 4.72. The van der Waals surface area contributed by atoms with Crippen LogP contribution in [0.2, 0.25) is 0 Å². The van der Waals surface area contributed by atoms with Crippen LogP contribution in [0.3, 0.4) is 0 Å². The van der Waals surface area contributed by atoms with Gasteiger partial charge >= 0.3 is 11.9 Å². The quantitative estimate of drug-likeness (QED) is 0.587. The molecule has 0 spiro atoms. The summed E-state index contributed by atoms with van der Waals surface area (Å²) in [4.78, 5) is 38.7. The average molecular weight is 391 g/mol. The highest BCUT2D eigenvalue weighted by atomic mass is 16.5. The van der Waals surface area contributed by atoms with Crippen molar-refractivity contribution in [1.82, 2.24) is 0 Å². The van der Waals surface area contributed by atoms with Crippen molar-refractivity contribution < 1.29 is 23.9 Å². The van der Waals surface area contributed by atoms with Crippen molar-refractivity contribution in [2.75, 3.05) is 19.1 Å². The van der Waals surface area contributed by atoms with E-state index in [0.717, 1.165) is 11.1 Å². The number of carbonyl (C=O) groups is 3. The van der Waals surface area contributed by atoms with Crippen LogP contribution in [0.15, 0.2) is 65.4 Å². The molecule has 0 bridgehead atoms. The van der Waals surface area contributed by atoms with Crippen LogP contribution in [0, 0.1) is 6.92 Å². The van der Waals surface area contributed by atoms with Gasteiger partial charge in [-0.25, -0.2) is 9.59 Å². The van der Waals surface area contributed by atoms with Crippen molar-refractivity contribution in [1.29, 1.82) is 0 Å². The standard InChI is InChI=1S/C23H21NO5/c1-14-5-7-16(8-6-14)13-19-20(23(27)29-4)15(2)24(21(19)25)18-11-9-17(10-12-18)22(26)28-3/h5-13H,1-4H3/b19-13-. The highest BCUT2D eigenvalue weighted by molar-refractivity contribution is 6.23. The molecule has 148 valence electrons. The first-order valence-corrected chi connectivity index (χ1v) is 8.98. The number of hydrogen-bond donors (Lipinski definition) is 0. The maximum Gasteiger partial charge on any atom is 0.340 e. The zero-order valence-electron chi connectivity index (χ0n) is 16.7. The smallest absolute Gasteiger partial charge is 0.340 e. The fourth-order valence-corrected chi connectivity index (χ4v) is 3.18. The van der Waals surface area contributed by atoms with E-state index in [1.165, 1.54) is 19.1 Å². The van der Waals surface area contributed by atoms with Crippen molar-refractivity contribution in [2.24, 2.45) is 0 Å². The number of anilines is 1. The van der Waals surface area contributed by atoms with Gasteiger partial charge < -0.3 is 9.47 Å². The number of ether oxygens (including phenoxy) is 2. The Bertz CT molecular complexity index is 1030. The monoisotopic (exact) mass is 391 g/mol. The molecule has 1 amide bonds. The molecule has 0 N–H and O–H groups in total. The lowest BCUT2D eigenvalue weighted by molar-refractivity contribution is -0.136. The Hall–Kier alpha value is -3.67. The van der Waals surface area contributed by atoms with Gasteiger partial charge in [-0.1, -0.05) is 29.8 Å². The molecule has 1 aliphatic rings. The molecule has 6 nitrogen and oxygen atoms in total. The maximum atomic E-state index is 13.2. The third-order valence-electron chi connectivity index (χ3n) is 4.72. The summed E-state index contributed by atoms with van der Waals surface area (Å²) in [5.41, 5.74) is 3.74. The number of aryl methyl sites for hydroxylation is 1. The first-order valence-electron chi connectivity index (χ1n) is 8.98. The van der Waals surface area contributed by atoms with Crippen molar-refractivity contribution in [2.45, 2.75) is 13.8 Å². The van der Waals surface area contributed by atoms with Crippen molar-refractivity contribution >= 4 is 29.6 Å². The molecule has 0 unspecified atom stereocenters. The highest BCUT2D eigenvalue weighted by Gasteiger charge is 2.37. The number of methoxy groups -OCH3 is 2. The van der Waals surface area contributed by atoms with Gasteiger partial charge in [-0.3, -0.25) is 9.69 Å². The lowest BCUT2D eigenvalue weighted by Crippen LogP contribution is -2.24. The second kappa shape index (κ2) is 8.14. The molecule has 0 saturated carbocycles. The van der Waals surface area contributed by atoms with Crippen LogP contribution in [-0.2, 0) is 19.1 Å². The Morgan fingerprint density at radius 2 is 1.45 bits per heavy atom. The molecular formula is C23H21NO5. The molecule has 2 aromatic rings. The Labute approximate surface area is 169 Å². The summed E-state index contributed by atoms with van der Waals surface area (Å²) >= 11 is 0. The molecule has 6 heteroatoms.